The van der Waals surface area contributed by atoms with Crippen molar-refractivity contribution in [3.8, 4) is 17.2 Å². The Morgan fingerprint density at radius 1 is 0.618 bits per heavy atom. The van der Waals surface area contributed by atoms with Gasteiger partial charge in [0.25, 0.3) is 0 Å². The summed E-state index contributed by atoms with van der Waals surface area (Å²) in [5.74, 6) is 0. The molecule has 5 aromatic rings. The molecule has 1 aromatic heterocycles. The number of nitrogens with zero attached hydrogens (tertiary/aromatic N) is 3. The fourth-order valence-corrected chi connectivity index (χ4v) is 7.69. The molecule has 0 saturated heterocycles. The summed E-state index contributed by atoms with van der Waals surface area (Å²) in [6.45, 7) is 0. The minimum Gasteiger partial charge on any atom is -0.310 e. The summed E-state index contributed by atoms with van der Waals surface area (Å²) in [4.78, 5) is 6.53. The molecule has 0 bridgehead atoms. The highest BCUT2D eigenvalue weighted by atomic mass is 28.3. The van der Waals surface area contributed by atoms with E-state index in [0.717, 1.165) is 16.8 Å². The van der Waals surface area contributed by atoms with E-state index in [0.29, 0.717) is 5.56 Å². The van der Waals surface area contributed by atoms with Gasteiger partial charge in [0.2, 0.25) is 0 Å². The van der Waals surface area contributed by atoms with Crippen LogP contribution < -0.4 is 20.5 Å². The number of pyridine rings is 1. The van der Waals surface area contributed by atoms with Crippen molar-refractivity contribution in [3.05, 3.63) is 127 Å². The Balaban J connectivity index is 1.63. The third kappa shape index (κ3) is 3.23. The minimum atomic E-state index is -1.17. The third-order valence-electron chi connectivity index (χ3n) is 6.27. The molecule has 1 aliphatic rings. The van der Waals surface area contributed by atoms with E-state index in [1.165, 1.54) is 26.9 Å². The molecule has 6 rings (SSSR count). The second-order valence-corrected chi connectivity index (χ2v) is 10.6. The highest BCUT2D eigenvalue weighted by Crippen LogP contribution is 2.41. The number of hydrogen-bond acceptors (Lipinski definition) is 3. The summed E-state index contributed by atoms with van der Waals surface area (Å²) in [5.41, 5.74) is 5.92. The minimum absolute atomic E-state index is 0.572. The van der Waals surface area contributed by atoms with E-state index in [1.807, 2.05) is 12.1 Å². The number of benzene rings is 4. The molecule has 159 valence electrons. The highest BCUT2D eigenvalue weighted by Gasteiger charge is 2.34. The van der Waals surface area contributed by atoms with Crippen LogP contribution in [0.2, 0.25) is 0 Å². The van der Waals surface area contributed by atoms with Gasteiger partial charge in [0.1, 0.15) is 6.07 Å². The van der Waals surface area contributed by atoms with Gasteiger partial charge in [0, 0.05) is 34.9 Å². The maximum Gasteiger partial charge on any atom is 0.160 e. The molecule has 0 atom stereocenters. The summed E-state index contributed by atoms with van der Waals surface area (Å²) >= 11 is 0. The van der Waals surface area contributed by atoms with Crippen molar-refractivity contribution in [1.82, 2.24) is 4.98 Å². The molecule has 2 heterocycles. The van der Waals surface area contributed by atoms with Crippen LogP contribution in [0.1, 0.15) is 5.56 Å². The van der Waals surface area contributed by atoms with Crippen LogP contribution in [0.3, 0.4) is 0 Å². The van der Waals surface area contributed by atoms with Crippen molar-refractivity contribution >= 4 is 41.4 Å². The SMILES string of the molecule is N#Cc1cnccc1-c1ccccc1N1c2ccccc2[Si](c2ccccc2)c2ccccc21. The first-order chi connectivity index (χ1) is 16.9. The Morgan fingerprint density at radius 2 is 1.21 bits per heavy atom. The van der Waals surface area contributed by atoms with Crippen LogP contribution in [-0.2, 0) is 0 Å². The average molecular weight is 451 g/mol. The van der Waals surface area contributed by atoms with Gasteiger partial charge in [-0.05, 0) is 34.6 Å². The average Bonchev–Trinajstić information content (AvgIpc) is 2.92. The van der Waals surface area contributed by atoms with E-state index < -0.39 is 8.80 Å². The lowest BCUT2D eigenvalue weighted by molar-refractivity contribution is 1.27. The van der Waals surface area contributed by atoms with Gasteiger partial charge in [-0.15, -0.1) is 0 Å². The van der Waals surface area contributed by atoms with E-state index >= 15 is 0 Å². The molecule has 0 aliphatic carbocycles. The van der Waals surface area contributed by atoms with Gasteiger partial charge >= 0.3 is 0 Å². The Labute approximate surface area is 200 Å². The fraction of sp³-hybridized carbons (Fsp3) is 0. The molecule has 3 nitrogen and oxygen atoms in total. The van der Waals surface area contributed by atoms with E-state index in [2.05, 4.69) is 113 Å². The highest BCUT2D eigenvalue weighted by molar-refractivity contribution is 6.98. The quantitative estimate of drug-likeness (QED) is 0.359. The van der Waals surface area contributed by atoms with Gasteiger partial charge in [-0.25, -0.2) is 0 Å². The molecular formula is C30H20N3Si. The second kappa shape index (κ2) is 8.47. The number of anilines is 3. The van der Waals surface area contributed by atoms with E-state index in [9.17, 15) is 5.26 Å². The maximum absolute atomic E-state index is 9.76. The molecule has 0 saturated carbocycles. The first kappa shape index (κ1) is 20.2. The number of nitriles is 1. The van der Waals surface area contributed by atoms with Crippen molar-refractivity contribution in [2.24, 2.45) is 0 Å². The van der Waals surface area contributed by atoms with Crippen molar-refractivity contribution in [2.75, 3.05) is 4.90 Å². The Kier molecular flexibility index (Phi) is 5.03. The molecule has 1 aliphatic heterocycles. The van der Waals surface area contributed by atoms with Crippen molar-refractivity contribution in [3.63, 3.8) is 0 Å². The zero-order valence-electron chi connectivity index (χ0n) is 18.4. The number of aromatic nitrogens is 1. The summed E-state index contributed by atoms with van der Waals surface area (Å²) in [5, 5.41) is 13.9. The predicted octanol–water partition coefficient (Wildman–Crippen LogP) is 4.92. The Hall–Kier alpha value is -4.46. The van der Waals surface area contributed by atoms with Crippen LogP contribution >= 0.6 is 0 Å². The lowest BCUT2D eigenvalue weighted by atomic mass is 9.99. The number of rotatable bonds is 3. The van der Waals surface area contributed by atoms with Crippen LogP contribution in [-0.4, -0.2) is 13.8 Å². The topological polar surface area (TPSA) is 39.9 Å². The van der Waals surface area contributed by atoms with Gasteiger partial charge in [-0.3, -0.25) is 4.98 Å². The molecule has 4 heteroatoms. The standard InChI is InChI=1S/C30H20N3Si/c31-20-22-21-32-19-18-24(22)25-12-4-5-13-26(25)33-27-14-6-8-16-29(27)34(23-10-2-1-3-11-23)30-17-9-7-15-28(30)33/h1-19,21H. The molecule has 0 fully saturated rings. The van der Waals surface area contributed by atoms with E-state index in [-0.39, 0.29) is 0 Å². The van der Waals surface area contributed by atoms with Gasteiger partial charge < -0.3 is 4.90 Å². The number of para-hydroxylation sites is 3. The summed E-state index contributed by atoms with van der Waals surface area (Å²) < 4.78 is 0. The van der Waals surface area contributed by atoms with Crippen molar-refractivity contribution < 1.29 is 0 Å². The molecule has 0 N–H and O–H groups in total. The second-order valence-electron chi connectivity index (χ2n) is 8.16. The predicted molar refractivity (Wildman–Crippen MR) is 140 cm³/mol. The van der Waals surface area contributed by atoms with Gasteiger partial charge in [-0.2, -0.15) is 5.26 Å². The first-order valence-corrected chi connectivity index (χ1v) is 12.7. The van der Waals surface area contributed by atoms with E-state index in [1.54, 1.807) is 12.4 Å². The number of hydrogen-bond donors (Lipinski definition) is 0. The fourth-order valence-electron chi connectivity index (χ4n) is 4.83. The number of fused-ring (bicyclic) bond motifs is 2. The summed E-state index contributed by atoms with van der Waals surface area (Å²) in [6, 6.07) is 40.9. The first-order valence-electron chi connectivity index (χ1n) is 11.2. The lowest BCUT2D eigenvalue weighted by Crippen LogP contribution is -2.57. The molecule has 34 heavy (non-hydrogen) atoms. The van der Waals surface area contributed by atoms with Crippen LogP contribution in [0, 0.1) is 11.3 Å². The molecule has 1 radical (unpaired) electrons. The largest absolute Gasteiger partial charge is 0.310 e. The Morgan fingerprint density at radius 3 is 1.88 bits per heavy atom. The monoisotopic (exact) mass is 450 g/mol. The zero-order chi connectivity index (χ0) is 22.9. The smallest absolute Gasteiger partial charge is 0.160 e. The molecule has 0 amide bonds. The molecule has 4 aromatic carbocycles. The molecule has 0 unspecified atom stereocenters. The van der Waals surface area contributed by atoms with Gasteiger partial charge in [0.15, 0.2) is 8.80 Å². The Bertz CT molecular complexity index is 1490. The van der Waals surface area contributed by atoms with Crippen LogP contribution in [0.25, 0.3) is 11.1 Å². The summed E-state index contributed by atoms with van der Waals surface area (Å²) in [7, 11) is -1.17. The van der Waals surface area contributed by atoms with Crippen molar-refractivity contribution in [2.45, 2.75) is 0 Å². The normalized spacial score (nSPS) is 12.5. The van der Waals surface area contributed by atoms with E-state index in [4.69, 9.17) is 0 Å². The van der Waals surface area contributed by atoms with Crippen LogP contribution in [0.15, 0.2) is 122 Å². The lowest BCUT2D eigenvalue weighted by Gasteiger charge is -2.38. The molecule has 0 spiro atoms. The van der Waals surface area contributed by atoms with Crippen LogP contribution in [0.4, 0.5) is 17.1 Å². The third-order valence-corrected chi connectivity index (χ3v) is 9.10. The van der Waals surface area contributed by atoms with Gasteiger partial charge in [0.05, 0.1) is 11.3 Å². The molecular weight excluding hydrogens is 430 g/mol. The van der Waals surface area contributed by atoms with Gasteiger partial charge in [-0.1, -0.05) is 90.1 Å². The zero-order valence-corrected chi connectivity index (χ0v) is 19.4. The van der Waals surface area contributed by atoms with Crippen LogP contribution in [0.5, 0.6) is 0 Å². The van der Waals surface area contributed by atoms with Crippen molar-refractivity contribution in [1.29, 1.82) is 5.26 Å². The summed E-state index contributed by atoms with van der Waals surface area (Å²) in [6.07, 6.45) is 3.39. The maximum atomic E-state index is 9.76.